The first-order chi connectivity index (χ1) is 12.8. The summed E-state index contributed by atoms with van der Waals surface area (Å²) < 4.78 is 25.7. The summed E-state index contributed by atoms with van der Waals surface area (Å²) in [5, 5.41) is 3.06. The molecule has 3 N–H and O–H groups in total. The van der Waals surface area contributed by atoms with E-state index in [2.05, 4.69) is 10.3 Å². The minimum Gasteiger partial charge on any atom is -0.348 e. The molecule has 2 aromatic rings. The summed E-state index contributed by atoms with van der Waals surface area (Å²) in [6, 6.07) is 5.39. The van der Waals surface area contributed by atoms with Gasteiger partial charge in [-0.25, -0.2) is 13.4 Å². The van der Waals surface area contributed by atoms with E-state index in [0.717, 1.165) is 42.5 Å². The highest BCUT2D eigenvalue weighted by atomic mass is 32.2. The quantitative estimate of drug-likeness (QED) is 0.829. The number of aromatic nitrogens is 2. The highest BCUT2D eigenvalue weighted by Crippen LogP contribution is 2.29. The predicted octanol–water partition coefficient (Wildman–Crippen LogP) is 1.70. The molecule has 1 saturated carbocycles. The molecule has 8 heteroatoms. The molecular weight excluding hydrogens is 364 g/mol. The molecule has 146 valence electrons. The van der Waals surface area contributed by atoms with Crippen LogP contribution in [0.2, 0.25) is 0 Å². The second-order valence-corrected chi connectivity index (χ2v) is 10.0. The van der Waals surface area contributed by atoms with Crippen LogP contribution in [-0.2, 0) is 9.84 Å². The number of hydrogen-bond donors (Lipinski definition) is 2. The summed E-state index contributed by atoms with van der Waals surface area (Å²) in [4.78, 5) is 17.2. The Morgan fingerprint density at radius 2 is 2.04 bits per heavy atom. The Kier molecular flexibility index (Phi) is 4.71. The van der Waals surface area contributed by atoms with Gasteiger partial charge in [0.1, 0.15) is 5.82 Å². The minimum absolute atomic E-state index is 0.0113. The fraction of sp³-hybridized carbons (Fsp3) is 0.579. The lowest BCUT2D eigenvalue weighted by molar-refractivity contribution is 0.0921. The molecule has 2 aliphatic rings. The van der Waals surface area contributed by atoms with Gasteiger partial charge in [0, 0.05) is 17.6 Å². The van der Waals surface area contributed by atoms with E-state index in [4.69, 9.17) is 5.73 Å². The number of sulfone groups is 1. The molecule has 2 fully saturated rings. The van der Waals surface area contributed by atoms with Crippen LogP contribution in [0, 0.1) is 6.92 Å². The van der Waals surface area contributed by atoms with E-state index < -0.39 is 9.84 Å². The molecule has 3 atom stereocenters. The number of nitrogens with two attached hydrogens (primary N) is 1. The number of nitrogens with zero attached hydrogens (tertiary/aromatic N) is 2. The van der Waals surface area contributed by atoms with Crippen LogP contribution >= 0.6 is 0 Å². The third-order valence-electron chi connectivity index (χ3n) is 5.84. The third-order valence-corrected chi connectivity index (χ3v) is 7.59. The van der Waals surface area contributed by atoms with Crippen molar-refractivity contribution in [2.75, 3.05) is 11.5 Å². The van der Waals surface area contributed by atoms with Crippen molar-refractivity contribution >= 4 is 26.8 Å². The van der Waals surface area contributed by atoms with Gasteiger partial charge in [-0.1, -0.05) is 12.8 Å². The van der Waals surface area contributed by atoms with Crippen molar-refractivity contribution in [3.63, 3.8) is 0 Å². The van der Waals surface area contributed by atoms with Crippen LogP contribution < -0.4 is 11.1 Å². The average Bonchev–Trinajstić information content (AvgIpc) is 3.14. The molecule has 27 heavy (non-hydrogen) atoms. The fourth-order valence-electron chi connectivity index (χ4n) is 4.39. The SMILES string of the molecule is Cc1nc2cc(C(=O)N[C@@H]3CCCC[C@H]3N)ccc2n1C1CCS(=O)(=O)C1. The monoisotopic (exact) mass is 390 g/mol. The molecule has 2 heterocycles. The lowest BCUT2D eigenvalue weighted by Crippen LogP contribution is -2.49. The molecule has 1 unspecified atom stereocenters. The van der Waals surface area contributed by atoms with Gasteiger partial charge in [-0.05, 0) is 44.4 Å². The summed E-state index contributed by atoms with van der Waals surface area (Å²) >= 11 is 0. The topological polar surface area (TPSA) is 107 Å². The molecule has 1 aliphatic carbocycles. The number of fused-ring (bicyclic) bond motifs is 1. The lowest BCUT2D eigenvalue weighted by atomic mass is 9.91. The molecule has 4 rings (SSSR count). The van der Waals surface area contributed by atoms with E-state index >= 15 is 0 Å². The number of amides is 1. The molecule has 1 aromatic heterocycles. The van der Waals surface area contributed by atoms with Crippen molar-refractivity contribution in [2.45, 2.75) is 57.2 Å². The van der Waals surface area contributed by atoms with Gasteiger partial charge in [-0.15, -0.1) is 0 Å². The third kappa shape index (κ3) is 3.60. The second-order valence-electron chi connectivity index (χ2n) is 7.82. The molecule has 1 saturated heterocycles. The molecule has 1 aliphatic heterocycles. The van der Waals surface area contributed by atoms with Crippen LogP contribution in [0.25, 0.3) is 11.0 Å². The van der Waals surface area contributed by atoms with Crippen LogP contribution in [0.3, 0.4) is 0 Å². The average molecular weight is 391 g/mol. The van der Waals surface area contributed by atoms with Gasteiger partial charge in [0.05, 0.1) is 28.6 Å². The number of aryl methyl sites for hydroxylation is 1. The van der Waals surface area contributed by atoms with E-state index in [1.807, 2.05) is 17.6 Å². The number of carbonyl (C=O) groups excluding carboxylic acids is 1. The van der Waals surface area contributed by atoms with Gasteiger partial charge in [0.15, 0.2) is 9.84 Å². The summed E-state index contributed by atoms with van der Waals surface area (Å²) in [5.74, 6) is 1.02. The number of hydrogen-bond acceptors (Lipinski definition) is 5. The fourth-order valence-corrected chi connectivity index (χ4v) is 6.09. The van der Waals surface area contributed by atoms with E-state index in [1.54, 1.807) is 12.1 Å². The van der Waals surface area contributed by atoms with Gasteiger partial charge < -0.3 is 15.6 Å². The Hall–Kier alpha value is -1.93. The Morgan fingerprint density at radius 1 is 1.26 bits per heavy atom. The Morgan fingerprint density at radius 3 is 2.74 bits per heavy atom. The van der Waals surface area contributed by atoms with E-state index in [1.165, 1.54) is 0 Å². The number of nitrogens with one attached hydrogen (secondary N) is 1. The number of rotatable bonds is 3. The maximum atomic E-state index is 12.7. The zero-order chi connectivity index (χ0) is 19.2. The van der Waals surface area contributed by atoms with Crippen LogP contribution in [0.4, 0.5) is 0 Å². The van der Waals surface area contributed by atoms with Gasteiger partial charge in [0.25, 0.3) is 5.91 Å². The zero-order valence-corrected chi connectivity index (χ0v) is 16.3. The number of benzene rings is 1. The first kappa shape index (κ1) is 18.4. The van der Waals surface area contributed by atoms with Gasteiger partial charge in [-0.3, -0.25) is 4.79 Å². The van der Waals surface area contributed by atoms with Crippen LogP contribution in [-0.4, -0.2) is 47.5 Å². The van der Waals surface area contributed by atoms with E-state index in [0.29, 0.717) is 12.0 Å². The molecule has 0 bridgehead atoms. The standard InChI is InChI=1S/C19H26N4O3S/c1-12-21-17-10-13(19(24)22-16-5-3-2-4-15(16)20)6-7-18(17)23(12)14-8-9-27(25,26)11-14/h6-7,10,14-16H,2-5,8-9,11,20H2,1H3,(H,22,24)/t14?,15-,16-/m1/s1. The Bertz CT molecular complexity index is 982. The van der Waals surface area contributed by atoms with Gasteiger partial charge in [-0.2, -0.15) is 0 Å². The molecule has 1 aromatic carbocycles. The summed E-state index contributed by atoms with van der Waals surface area (Å²) in [6.07, 6.45) is 4.67. The molecule has 7 nitrogen and oxygen atoms in total. The normalized spacial score (nSPS) is 27.7. The van der Waals surface area contributed by atoms with Crippen LogP contribution in [0.1, 0.15) is 54.3 Å². The summed E-state index contributed by atoms with van der Waals surface area (Å²) in [6.45, 7) is 1.88. The van der Waals surface area contributed by atoms with Crippen molar-refractivity contribution in [1.29, 1.82) is 0 Å². The van der Waals surface area contributed by atoms with Gasteiger partial charge in [0.2, 0.25) is 0 Å². The Labute approximate surface area is 159 Å². The summed E-state index contributed by atoms with van der Waals surface area (Å²) in [5.41, 5.74) is 8.29. The van der Waals surface area contributed by atoms with E-state index in [-0.39, 0.29) is 35.5 Å². The molecule has 0 radical (unpaired) electrons. The second kappa shape index (κ2) is 6.91. The maximum Gasteiger partial charge on any atom is 0.251 e. The van der Waals surface area contributed by atoms with Crippen molar-refractivity contribution in [2.24, 2.45) is 5.73 Å². The van der Waals surface area contributed by atoms with Crippen LogP contribution in [0.15, 0.2) is 18.2 Å². The lowest BCUT2D eigenvalue weighted by Gasteiger charge is -2.29. The number of carbonyl (C=O) groups is 1. The largest absolute Gasteiger partial charge is 0.348 e. The summed E-state index contributed by atoms with van der Waals surface area (Å²) in [7, 11) is -2.97. The van der Waals surface area contributed by atoms with Gasteiger partial charge >= 0.3 is 0 Å². The number of imidazole rings is 1. The Balaban J connectivity index is 1.59. The zero-order valence-electron chi connectivity index (χ0n) is 15.5. The molecule has 1 amide bonds. The highest BCUT2D eigenvalue weighted by molar-refractivity contribution is 7.91. The molecule has 0 spiro atoms. The van der Waals surface area contributed by atoms with Crippen molar-refractivity contribution in [3.8, 4) is 0 Å². The highest BCUT2D eigenvalue weighted by Gasteiger charge is 2.31. The molecular formula is C19H26N4O3S. The van der Waals surface area contributed by atoms with Crippen molar-refractivity contribution in [3.05, 3.63) is 29.6 Å². The smallest absolute Gasteiger partial charge is 0.251 e. The maximum absolute atomic E-state index is 12.7. The van der Waals surface area contributed by atoms with Crippen molar-refractivity contribution in [1.82, 2.24) is 14.9 Å². The predicted molar refractivity (Wildman–Crippen MR) is 104 cm³/mol. The van der Waals surface area contributed by atoms with Crippen LogP contribution in [0.5, 0.6) is 0 Å². The minimum atomic E-state index is -2.97. The van der Waals surface area contributed by atoms with Crippen molar-refractivity contribution < 1.29 is 13.2 Å². The first-order valence-electron chi connectivity index (χ1n) is 9.59. The van der Waals surface area contributed by atoms with E-state index in [9.17, 15) is 13.2 Å². The first-order valence-corrected chi connectivity index (χ1v) is 11.4.